The van der Waals surface area contributed by atoms with Crippen LogP contribution in [0.4, 0.5) is 18.9 Å². The second-order valence-corrected chi connectivity index (χ2v) is 12.4. The van der Waals surface area contributed by atoms with Gasteiger partial charge in [0, 0.05) is 56.8 Å². The summed E-state index contributed by atoms with van der Waals surface area (Å²) in [6.45, 7) is 7.01. The summed E-state index contributed by atoms with van der Waals surface area (Å²) < 4.78 is 66.7. The van der Waals surface area contributed by atoms with Crippen molar-refractivity contribution in [3.05, 3.63) is 40.7 Å². The average Bonchev–Trinajstić information content (AvgIpc) is 3.31. The average molecular weight is 653 g/mol. The van der Waals surface area contributed by atoms with E-state index >= 15 is 0 Å². The number of halogens is 4. The van der Waals surface area contributed by atoms with Crippen LogP contribution in [-0.4, -0.2) is 68.9 Å². The Morgan fingerprint density at radius 2 is 1.67 bits per heavy atom. The van der Waals surface area contributed by atoms with Crippen LogP contribution in [0, 0.1) is 13.8 Å². The van der Waals surface area contributed by atoms with Crippen molar-refractivity contribution >= 4 is 37.3 Å². The second-order valence-electron chi connectivity index (χ2n) is 9.38. The summed E-state index contributed by atoms with van der Waals surface area (Å²) in [5.74, 6) is -1.81. The zero-order valence-electron chi connectivity index (χ0n) is 20.1. The third-order valence-electron chi connectivity index (χ3n) is 6.76. The van der Waals surface area contributed by atoms with Gasteiger partial charge >= 0.3 is 6.18 Å². The third-order valence-corrected chi connectivity index (χ3v) is 9.66. The quantitative estimate of drug-likeness (QED) is 0.237. The van der Waals surface area contributed by atoms with Crippen LogP contribution in [0.15, 0.2) is 24.3 Å². The van der Waals surface area contributed by atoms with Crippen molar-refractivity contribution in [1.82, 2.24) is 13.9 Å². The molecule has 1 aromatic carbocycles. The van der Waals surface area contributed by atoms with Crippen LogP contribution < -0.4 is 38.8 Å². The van der Waals surface area contributed by atoms with Gasteiger partial charge in [-0.2, -0.15) is 17.5 Å². The molecule has 2 fully saturated rings. The van der Waals surface area contributed by atoms with E-state index < -0.39 is 22.0 Å². The van der Waals surface area contributed by atoms with Gasteiger partial charge < -0.3 is 28.9 Å². The molecule has 0 saturated carbocycles. The molecule has 3 aliphatic heterocycles. The van der Waals surface area contributed by atoms with Gasteiger partial charge in [-0.3, -0.25) is 0 Å². The van der Waals surface area contributed by atoms with E-state index in [1.165, 1.54) is 18.2 Å². The summed E-state index contributed by atoms with van der Waals surface area (Å²) in [6.07, 6.45) is -2.32. The molecule has 1 aromatic rings. The van der Waals surface area contributed by atoms with Crippen molar-refractivity contribution < 1.29 is 45.6 Å². The number of aromatic nitrogens is 1. The highest BCUT2D eigenvalue weighted by Gasteiger charge is 2.39. The van der Waals surface area contributed by atoms with Crippen molar-refractivity contribution in [1.29, 1.82) is 0 Å². The van der Waals surface area contributed by atoms with Gasteiger partial charge in [-0.15, -0.1) is 11.3 Å². The first-order valence-corrected chi connectivity index (χ1v) is 14.2. The minimum absolute atomic E-state index is 0. The molecule has 0 bridgehead atoms. The fourth-order valence-electron chi connectivity index (χ4n) is 4.99. The zero-order chi connectivity index (χ0) is 25.0. The van der Waals surface area contributed by atoms with Crippen LogP contribution in [-0.2, 0) is 10.0 Å². The normalized spacial score (nSPS) is 17.7. The Morgan fingerprint density at radius 1 is 1.00 bits per heavy atom. The van der Waals surface area contributed by atoms with E-state index in [0.717, 1.165) is 55.0 Å². The highest BCUT2D eigenvalue weighted by molar-refractivity contribution is 7.89. The number of rotatable bonds is 3. The topological polar surface area (TPSA) is 56.5 Å². The Morgan fingerprint density at radius 3 is 2.31 bits per heavy atom. The summed E-state index contributed by atoms with van der Waals surface area (Å²) in [4.78, 5) is 8.15. The van der Waals surface area contributed by atoms with Gasteiger partial charge in [-0.1, -0.05) is 0 Å². The number of hydrogen-bond donors (Lipinski definition) is 0. The van der Waals surface area contributed by atoms with Crippen molar-refractivity contribution in [2.24, 2.45) is 0 Å². The number of aryl methyl sites for hydroxylation is 2. The number of anilines is 1. The highest BCUT2D eigenvalue weighted by atomic mass is 127. The molecule has 0 atom stereocenters. The van der Waals surface area contributed by atoms with Gasteiger partial charge in [0.15, 0.2) is 5.75 Å². The number of piperazine rings is 1. The van der Waals surface area contributed by atoms with E-state index in [9.17, 15) is 21.6 Å². The lowest BCUT2D eigenvalue weighted by molar-refractivity contribution is -0.107. The lowest BCUT2D eigenvalue weighted by atomic mass is 10.1. The molecule has 0 amide bonds. The lowest BCUT2D eigenvalue weighted by Crippen LogP contribution is -3.00. The number of hydrogen-bond acceptors (Lipinski definition) is 5. The first-order chi connectivity index (χ1) is 16.5. The molecule has 1 aliphatic carbocycles. The van der Waals surface area contributed by atoms with Crippen molar-refractivity contribution in [2.45, 2.75) is 32.9 Å². The second kappa shape index (κ2) is 10.3. The number of sulfonamides is 1. The number of alkyl halides is 3. The Bertz CT molecular complexity index is 1420. The molecule has 5 rings (SSSR count). The van der Waals surface area contributed by atoms with Gasteiger partial charge in [-0.05, 0) is 37.1 Å². The Hall–Kier alpha value is -1.51. The minimum Gasteiger partial charge on any atom is -1.00 e. The molecule has 3 heterocycles. The summed E-state index contributed by atoms with van der Waals surface area (Å²) in [5, 5.41) is 1.23. The number of nitrogens with zero attached hydrogens (tertiary/aromatic N) is 4. The van der Waals surface area contributed by atoms with E-state index in [-0.39, 0.29) is 37.1 Å². The lowest BCUT2D eigenvalue weighted by Gasteiger charge is -2.35. The predicted molar refractivity (Wildman–Crippen MR) is 134 cm³/mol. The maximum Gasteiger partial charge on any atom is 0.404 e. The molecule has 36 heavy (non-hydrogen) atoms. The first kappa shape index (κ1) is 27.5. The van der Waals surface area contributed by atoms with Gasteiger partial charge in [0.1, 0.15) is 13.1 Å². The van der Waals surface area contributed by atoms with Crippen molar-refractivity contribution in [2.75, 3.05) is 49.9 Å². The van der Waals surface area contributed by atoms with Gasteiger partial charge in [0.2, 0.25) is 15.4 Å². The van der Waals surface area contributed by atoms with Crippen LogP contribution in [0.25, 0.3) is 20.8 Å². The van der Waals surface area contributed by atoms with Crippen LogP contribution >= 0.6 is 11.3 Å². The monoisotopic (exact) mass is 652 g/mol. The number of fused-ring (bicyclic) bond motifs is 2. The largest absolute Gasteiger partial charge is 1.00 e. The maximum absolute atomic E-state index is 12.7. The fraction of sp³-hybridized carbons (Fsp3) is 0.500. The fourth-order valence-corrected chi connectivity index (χ4v) is 7.51. The Balaban J connectivity index is 0.00000304. The molecule has 0 N–H and O–H groups in total. The summed E-state index contributed by atoms with van der Waals surface area (Å²) in [5.41, 5.74) is 5.06. The highest BCUT2D eigenvalue weighted by Crippen LogP contribution is 2.35. The standard InChI is InChI=1S/C24H28F3N4O2S2.HI/c1-16-11-18(29-5-3-4-6-29)13-20-22(16)28-23-17(2)12-19(14-21(23)34-20)30-7-9-31(10-8-30)35(32,33)15-24(25,26)27;/h11-14H,3-10,15H2,1-2H3;1H/q+1;/p-1. The molecule has 0 radical (unpaired) electrons. The molecule has 4 aliphatic rings. The summed E-state index contributed by atoms with van der Waals surface area (Å²) >= 11 is 1.69. The molecule has 6 nitrogen and oxygen atoms in total. The van der Waals surface area contributed by atoms with Crippen LogP contribution in [0.1, 0.15) is 24.0 Å². The number of benzene rings is 2. The Kier molecular flexibility index (Phi) is 7.90. The molecule has 0 aromatic heterocycles. The van der Waals surface area contributed by atoms with Gasteiger partial charge in [0.25, 0.3) is 0 Å². The minimum atomic E-state index is -4.74. The maximum atomic E-state index is 12.7. The molecule has 0 spiro atoms. The smallest absolute Gasteiger partial charge is 0.404 e. The van der Waals surface area contributed by atoms with E-state index in [1.54, 1.807) is 11.3 Å². The van der Waals surface area contributed by atoms with Crippen molar-refractivity contribution in [3.63, 3.8) is 0 Å². The van der Waals surface area contributed by atoms with Crippen LogP contribution in [0.3, 0.4) is 0 Å². The van der Waals surface area contributed by atoms with Crippen LogP contribution in [0.5, 0.6) is 0 Å². The van der Waals surface area contributed by atoms with E-state index in [4.69, 9.17) is 4.98 Å². The molecule has 196 valence electrons. The Labute approximate surface area is 229 Å². The van der Waals surface area contributed by atoms with Gasteiger partial charge in [-0.25, -0.2) is 18.0 Å². The SMILES string of the molecule is Cc1cc(=[N+]2CCCC2)cc2sc3cc(N4CCN(S(=O)(=O)CC(F)(F)F)CC4)cc(C)c3nc1-2.[I-]. The molecule has 0 unspecified atom stereocenters. The van der Waals surface area contributed by atoms with Crippen LogP contribution in [0.2, 0.25) is 0 Å². The van der Waals surface area contributed by atoms with Gasteiger partial charge in [0.05, 0.1) is 20.8 Å². The van der Waals surface area contributed by atoms with Crippen molar-refractivity contribution in [3.8, 4) is 10.6 Å². The van der Waals surface area contributed by atoms with E-state index in [2.05, 4.69) is 29.7 Å². The molecular formula is C24H28F3IN4O2S2. The molecule has 12 heteroatoms. The summed E-state index contributed by atoms with van der Waals surface area (Å²) in [6, 6.07) is 8.53. The van der Waals surface area contributed by atoms with E-state index in [1.807, 2.05) is 17.9 Å². The first-order valence-electron chi connectivity index (χ1n) is 11.7. The molecular weight excluding hydrogens is 624 g/mol. The van der Waals surface area contributed by atoms with E-state index in [0.29, 0.717) is 13.1 Å². The summed E-state index contributed by atoms with van der Waals surface area (Å²) in [7, 11) is -4.36. The zero-order valence-corrected chi connectivity index (χ0v) is 23.9. The predicted octanol–water partition coefficient (Wildman–Crippen LogP) is 0.602. The third kappa shape index (κ3) is 5.65. The molecule has 2 saturated heterocycles.